The summed E-state index contributed by atoms with van der Waals surface area (Å²) < 4.78 is 0. The Morgan fingerprint density at radius 3 is 2.89 bits per heavy atom. The maximum Gasteiger partial charge on any atom is 0.226 e. The maximum atomic E-state index is 12.5. The van der Waals surface area contributed by atoms with Crippen molar-refractivity contribution in [2.75, 3.05) is 11.9 Å². The van der Waals surface area contributed by atoms with Gasteiger partial charge in [-0.3, -0.25) is 4.79 Å². The number of nitrogens with zero attached hydrogens (tertiary/aromatic N) is 1. The second-order valence-corrected chi connectivity index (χ2v) is 8.88. The van der Waals surface area contributed by atoms with Gasteiger partial charge in [0.15, 0.2) is 0 Å². The molecule has 1 atom stereocenters. The first-order chi connectivity index (χ1) is 13.8. The van der Waals surface area contributed by atoms with Gasteiger partial charge in [0.2, 0.25) is 5.91 Å². The van der Waals surface area contributed by atoms with Gasteiger partial charge in [-0.1, -0.05) is 30.7 Å². The zero-order valence-electron chi connectivity index (χ0n) is 16.2. The number of hydrogen-bond donors (Lipinski definition) is 2. The van der Waals surface area contributed by atoms with Crippen LogP contribution in [0.1, 0.15) is 71.7 Å². The van der Waals surface area contributed by atoms with Gasteiger partial charge in [-0.05, 0) is 61.6 Å². The Bertz CT molecular complexity index is 896. The maximum absolute atomic E-state index is 12.5. The SMILES string of the molecule is N#Cc1c(NC(=O)CCN[C@H]2CCCc3ccccc32)sc2c1CCCCC2. The van der Waals surface area contributed by atoms with E-state index in [0.29, 0.717) is 24.6 Å². The molecule has 0 spiro atoms. The normalized spacial score (nSPS) is 18.5. The number of amides is 1. The predicted molar refractivity (Wildman–Crippen MR) is 114 cm³/mol. The summed E-state index contributed by atoms with van der Waals surface area (Å²) in [4.78, 5) is 13.8. The molecule has 1 aromatic carbocycles. The summed E-state index contributed by atoms with van der Waals surface area (Å²) in [5, 5.41) is 16.9. The quantitative estimate of drug-likeness (QED) is 0.711. The van der Waals surface area contributed by atoms with Gasteiger partial charge < -0.3 is 10.6 Å². The highest BCUT2D eigenvalue weighted by Crippen LogP contribution is 2.37. The van der Waals surface area contributed by atoms with Crippen molar-refractivity contribution in [2.45, 2.75) is 63.8 Å². The summed E-state index contributed by atoms with van der Waals surface area (Å²) in [6.45, 7) is 0.651. The molecule has 0 unspecified atom stereocenters. The van der Waals surface area contributed by atoms with Crippen LogP contribution in [-0.2, 0) is 24.1 Å². The molecule has 2 aliphatic rings. The van der Waals surface area contributed by atoms with Gasteiger partial charge in [-0.25, -0.2) is 0 Å². The van der Waals surface area contributed by atoms with Crippen LogP contribution < -0.4 is 10.6 Å². The highest BCUT2D eigenvalue weighted by Gasteiger charge is 2.22. The summed E-state index contributed by atoms with van der Waals surface area (Å²) >= 11 is 1.61. The van der Waals surface area contributed by atoms with Crippen molar-refractivity contribution in [1.82, 2.24) is 5.32 Å². The van der Waals surface area contributed by atoms with Crippen molar-refractivity contribution in [3.8, 4) is 6.07 Å². The fraction of sp³-hybridized carbons (Fsp3) is 0.478. The topological polar surface area (TPSA) is 64.9 Å². The van der Waals surface area contributed by atoms with Crippen molar-refractivity contribution < 1.29 is 4.79 Å². The van der Waals surface area contributed by atoms with Crippen LogP contribution in [0, 0.1) is 11.3 Å². The average molecular weight is 394 g/mol. The van der Waals surface area contributed by atoms with E-state index < -0.39 is 0 Å². The van der Waals surface area contributed by atoms with E-state index in [1.54, 1.807) is 11.3 Å². The lowest BCUT2D eigenvalue weighted by atomic mass is 9.88. The van der Waals surface area contributed by atoms with Gasteiger partial charge in [0.05, 0.1) is 5.56 Å². The number of thiophene rings is 1. The lowest BCUT2D eigenvalue weighted by Crippen LogP contribution is -2.28. The van der Waals surface area contributed by atoms with Crippen LogP contribution >= 0.6 is 11.3 Å². The van der Waals surface area contributed by atoms with Gasteiger partial charge in [0, 0.05) is 23.9 Å². The van der Waals surface area contributed by atoms with E-state index in [0.717, 1.165) is 37.1 Å². The minimum Gasteiger partial charge on any atom is -0.317 e. The molecular formula is C23H27N3OS. The molecule has 4 nitrogen and oxygen atoms in total. The summed E-state index contributed by atoms with van der Waals surface area (Å²) in [6, 6.07) is 11.3. The van der Waals surface area contributed by atoms with Gasteiger partial charge in [-0.2, -0.15) is 5.26 Å². The summed E-state index contributed by atoms with van der Waals surface area (Å²) in [5.41, 5.74) is 4.68. The third kappa shape index (κ3) is 4.14. The number of aryl methyl sites for hydroxylation is 2. The number of carbonyl (C=O) groups is 1. The molecule has 5 heteroatoms. The number of hydrogen-bond acceptors (Lipinski definition) is 4. The van der Waals surface area contributed by atoms with Crippen molar-refractivity contribution in [1.29, 1.82) is 5.26 Å². The van der Waals surface area contributed by atoms with Crippen molar-refractivity contribution in [3.63, 3.8) is 0 Å². The Morgan fingerprint density at radius 1 is 1.14 bits per heavy atom. The number of rotatable bonds is 5. The molecule has 2 aromatic rings. The Balaban J connectivity index is 1.34. The molecule has 1 aromatic heterocycles. The van der Waals surface area contributed by atoms with Crippen LogP contribution in [0.15, 0.2) is 24.3 Å². The van der Waals surface area contributed by atoms with Gasteiger partial charge in [0.1, 0.15) is 11.1 Å². The Labute approximate surface area is 171 Å². The Morgan fingerprint density at radius 2 is 2.00 bits per heavy atom. The Kier molecular flexibility index (Phi) is 6.09. The van der Waals surface area contributed by atoms with Crippen LogP contribution in [0.5, 0.6) is 0 Å². The first-order valence-corrected chi connectivity index (χ1v) is 11.2. The van der Waals surface area contributed by atoms with E-state index in [-0.39, 0.29) is 5.91 Å². The first-order valence-electron chi connectivity index (χ1n) is 10.4. The van der Waals surface area contributed by atoms with Crippen LogP contribution in [-0.4, -0.2) is 12.5 Å². The fourth-order valence-corrected chi connectivity index (χ4v) is 5.72. The van der Waals surface area contributed by atoms with Crippen LogP contribution in [0.2, 0.25) is 0 Å². The molecule has 2 aliphatic carbocycles. The number of nitriles is 1. The highest BCUT2D eigenvalue weighted by molar-refractivity contribution is 7.16. The predicted octanol–water partition coefficient (Wildman–Crippen LogP) is 4.88. The molecule has 0 saturated carbocycles. The molecule has 146 valence electrons. The van der Waals surface area contributed by atoms with Crippen molar-refractivity contribution in [2.24, 2.45) is 0 Å². The minimum atomic E-state index is -0.00972. The van der Waals surface area contributed by atoms with Crippen molar-refractivity contribution >= 4 is 22.2 Å². The van der Waals surface area contributed by atoms with Crippen LogP contribution in [0.25, 0.3) is 0 Å². The monoisotopic (exact) mass is 393 g/mol. The first kappa shape index (κ1) is 19.2. The number of fused-ring (bicyclic) bond motifs is 2. The zero-order valence-corrected chi connectivity index (χ0v) is 17.0. The lowest BCUT2D eigenvalue weighted by Gasteiger charge is -2.26. The summed E-state index contributed by atoms with van der Waals surface area (Å²) in [5.74, 6) is -0.00972. The molecule has 1 amide bonds. The number of benzene rings is 1. The second-order valence-electron chi connectivity index (χ2n) is 7.78. The van der Waals surface area contributed by atoms with Crippen LogP contribution in [0.3, 0.4) is 0 Å². The zero-order chi connectivity index (χ0) is 19.3. The summed E-state index contributed by atoms with van der Waals surface area (Å²) in [7, 11) is 0. The molecule has 0 radical (unpaired) electrons. The number of anilines is 1. The summed E-state index contributed by atoms with van der Waals surface area (Å²) in [6.07, 6.45) is 9.42. The average Bonchev–Trinajstić information content (AvgIpc) is 2.87. The standard InChI is InChI=1S/C23H27N3OS/c24-15-19-18-10-2-1-3-12-21(18)28-23(19)26-22(27)13-14-25-20-11-6-8-16-7-4-5-9-17(16)20/h4-5,7,9,20,25H,1-3,6,8,10-14H2,(H,26,27)/t20-/m0/s1. The third-order valence-corrected chi connectivity index (χ3v) is 7.11. The fourth-order valence-electron chi connectivity index (χ4n) is 4.46. The molecule has 0 saturated heterocycles. The second kappa shape index (κ2) is 8.89. The largest absolute Gasteiger partial charge is 0.317 e. The Hall–Kier alpha value is -2.16. The van der Waals surface area contributed by atoms with E-state index in [1.165, 1.54) is 40.8 Å². The molecular weight excluding hydrogens is 366 g/mol. The van der Waals surface area contributed by atoms with Crippen LogP contribution in [0.4, 0.5) is 5.00 Å². The molecule has 28 heavy (non-hydrogen) atoms. The van der Waals surface area contributed by atoms with Crippen molar-refractivity contribution in [3.05, 3.63) is 51.4 Å². The molecule has 0 bridgehead atoms. The number of nitrogens with one attached hydrogen (secondary N) is 2. The van der Waals surface area contributed by atoms with E-state index in [1.807, 2.05) is 0 Å². The third-order valence-electron chi connectivity index (χ3n) is 5.90. The minimum absolute atomic E-state index is 0.00972. The van der Waals surface area contributed by atoms with E-state index >= 15 is 0 Å². The molecule has 0 fully saturated rings. The van der Waals surface area contributed by atoms with Gasteiger partial charge in [-0.15, -0.1) is 11.3 Å². The van der Waals surface area contributed by atoms with Gasteiger partial charge >= 0.3 is 0 Å². The van der Waals surface area contributed by atoms with E-state index in [9.17, 15) is 10.1 Å². The van der Waals surface area contributed by atoms with E-state index in [2.05, 4.69) is 41.0 Å². The molecule has 0 aliphatic heterocycles. The molecule has 2 N–H and O–H groups in total. The molecule has 1 heterocycles. The van der Waals surface area contributed by atoms with Gasteiger partial charge in [0.25, 0.3) is 0 Å². The number of carbonyl (C=O) groups excluding carboxylic acids is 1. The smallest absolute Gasteiger partial charge is 0.226 e. The highest BCUT2D eigenvalue weighted by atomic mass is 32.1. The lowest BCUT2D eigenvalue weighted by molar-refractivity contribution is -0.116. The van der Waals surface area contributed by atoms with E-state index in [4.69, 9.17) is 0 Å². The molecule has 4 rings (SSSR count).